The summed E-state index contributed by atoms with van der Waals surface area (Å²) in [4.78, 5) is 38.2. The molecule has 5 N–H and O–H groups in total. The number of fused-ring (bicyclic) bond motifs is 2. The first-order valence-corrected chi connectivity index (χ1v) is 20.3. The van der Waals surface area contributed by atoms with Crippen molar-refractivity contribution >= 4 is 39.9 Å². The number of anilines is 2. The molecule has 15 nitrogen and oxygen atoms in total. The normalized spacial score (nSPS) is 19.4. The van der Waals surface area contributed by atoms with E-state index in [0.717, 1.165) is 18.9 Å². The number of nitrogens with one attached hydrogen (secondary N) is 3. The molecule has 0 aliphatic carbocycles. The second-order valence-electron chi connectivity index (χ2n) is 16.1. The van der Waals surface area contributed by atoms with E-state index in [2.05, 4.69) is 45.9 Å². The van der Waals surface area contributed by atoms with Crippen LogP contribution in [0.3, 0.4) is 0 Å². The highest BCUT2D eigenvalue weighted by Crippen LogP contribution is 2.32. The molecular formula is C42H50F4N12O3. The van der Waals surface area contributed by atoms with E-state index in [0.29, 0.717) is 54.2 Å². The molecule has 4 aromatic heterocycles. The number of aliphatic hydroxyl groups is 2. The SMILES string of the molecule is CC(=O)N1CC[C@@H](Nc2ncc(F)c(-c3cc(F)c4nc(C)n(C(C)C)c4c3)n2)[C@H](O)C1.Cc1nc2c(F)cc(-c3nc(N[C@@H]4CCNC[C@H]4O)ncc3F)cc2n1C(C)C. The number of nitrogens with zero attached hydrogens (tertiary/aromatic N) is 9. The summed E-state index contributed by atoms with van der Waals surface area (Å²) in [6.07, 6.45) is 1.84. The first-order valence-electron chi connectivity index (χ1n) is 20.3. The van der Waals surface area contributed by atoms with E-state index in [1.807, 2.05) is 43.8 Å². The number of amides is 1. The van der Waals surface area contributed by atoms with E-state index in [1.165, 1.54) is 19.1 Å². The van der Waals surface area contributed by atoms with Gasteiger partial charge in [-0.3, -0.25) is 4.79 Å². The van der Waals surface area contributed by atoms with Crippen molar-refractivity contribution in [1.82, 2.24) is 49.3 Å². The second kappa shape index (κ2) is 17.7. The zero-order valence-corrected chi connectivity index (χ0v) is 35.0. The monoisotopic (exact) mass is 846 g/mol. The number of carbonyl (C=O) groups excluding carboxylic acids is 1. The minimum Gasteiger partial charge on any atom is -0.390 e. The van der Waals surface area contributed by atoms with E-state index in [4.69, 9.17) is 0 Å². The van der Waals surface area contributed by atoms with Gasteiger partial charge in [0.25, 0.3) is 0 Å². The zero-order valence-electron chi connectivity index (χ0n) is 35.0. The predicted octanol–water partition coefficient (Wildman–Crippen LogP) is 5.85. The van der Waals surface area contributed by atoms with Crippen LogP contribution < -0.4 is 16.0 Å². The van der Waals surface area contributed by atoms with Crippen molar-refractivity contribution in [2.45, 2.75) is 97.7 Å². The van der Waals surface area contributed by atoms with Crippen LogP contribution in [0.5, 0.6) is 0 Å². The number of rotatable bonds is 8. The number of aromatic nitrogens is 8. The van der Waals surface area contributed by atoms with Crippen molar-refractivity contribution in [2.24, 2.45) is 0 Å². The van der Waals surface area contributed by atoms with Gasteiger partial charge in [0, 0.05) is 49.8 Å². The van der Waals surface area contributed by atoms with Gasteiger partial charge in [-0.2, -0.15) is 0 Å². The molecule has 4 atom stereocenters. The molecule has 324 valence electrons. The fraction of sp³-hybridized carbons (Fsp3) is 0.452. The topological polar surface area (TPSA) is 184 Å². The highest BCUT2D eigenvalue weighted by Gasteiger charge is 2.30. The summed E-state index contributed by atoms with van der Waals surface area (Å²) in [6.45, 7) is 14.9. The van der Waals surface area contributed by atoms with Gasteiger partial charge >= 0.3 is 0 Å². The smallest absolute Gasteiger partial charge is 0.223 e. The first-order chi connectivity index (χ1) is 29.0. The van der Waals surface area contributed by atoms with Crippen LogP contribution in [-0.4, -0.2) is 111 Å². The molecule has 2 aromatic carbocycles. The van der Waals surface area contributed by atoms with Gasteiger partial charge in [0.05, 0.1) is 47.7 Å². The van der Waals surface area contributed by atoms with Crippen molar-refractivity contribution in [3.8, 4) is 22.5 Å². The van der Waals surface area contributed by atoms with Crippen LogP contribution in [0.25, 0.3) is 44.6 Å². The lowest BCUT2D eigenvalue weighted by molar-refractivity contribution is -0.132. The Morgan fingerprint density at radius 2 is 1.20 bits per heavy atom. The number of carbonyl (C=O) groups is 1. The van der Waals surface area contributed by atoms with Gasteiger partial charge < -0.3 is 40.2 Å². The van der Waals surface area contributed by atoms with Crippen LogP contribution >= 0.6 is 0 Å². The number of piperidine rings is 2. The molecule has 0 saturated carbocycles. The number of aryl methyl sites for hydroxylation is 2. The highest BCUT2D eigenvalue weighted by molar-refractivity contribution is 5.84. The lowest BCUT2D eigenvalue weighted by Crippen LogP contribution is -2.51. The summed E-state index contributed by atoms with van der Waals surface area (Å²) in [5.74, 6) is -0.839. The Balaban J connectivity index is 0.000000185. The standard InChI is InChI=1S/C22H26F2N6O2.C20H24F2N6O/c1-11(2)30-12(3)26-21-15(23)7-14(8-18(21)30)20-16(24)9-25-22(28-20)27-17-5-6-29(13(4)31)10-19(17)32;1-10(2)28-11(3)25-19-13(21)6-12(7-16(19)28)18-14(22)8-24-20(27-18)26-15-4-5-23-9-17(15)29/h7-9,11,17,19,32H,5-6,10H2,1-4H3,(H,25,27,28);6-8,10,15,17,23,29H,4-5,9H2,1-3H3,(H,24,26,27)/t17-,19-;15-,17-/m11/s1. The number of benzene rings is 2. The highest BCUT2D eigenvalue weighted by atomic mass is 19.1. The molecule has 1 amide bonds. The maximum atomic E-state index is 14.8. The van der Waals surface area contributed by atoms with Crippen LogP contribution in [0.2, 0.25) is 0 Å². The molecule has 19 heteroatoms. The number of hydrogen-bond acceptors (Lipinski definition) is 12. The lowest BCUT2D eigenvalue weighted by Gasteiger charge is -2.35. The first kappa shape index (κ1) is 43.3. The Hall–Kier alpha value is -5.79. The summed E-state index contributed by atoms with van der Waals surface area (Å²) in [6, 6.07) is 5.32. The Bertz CT molecular complexity index is 2580. The maximum Gasteiger partial charge on any atom is 0.223 e. The summed E-state index contributed by atoms with van der Waals surface area (Å²) in [7, 11) is 0. The molecule has 6 aromatic rings. The molecule has 0 unspecified atom stereocenters. The molecule has 2 aliphatic rings. The van der Waals surface area contributed by atoms with Crippen LogP contribution in [0.4, 0.5) is 29.5 Å². The van der Waals surface area contributed by atoms with E-state index in [9.17, 15) is 32.6 Å². The van der Waals surface area contributed by atoms with E-state index >= 15 is 0 Å². The van der Waals surface area contributed by atoms with Gasteiger partial charge in [-0.15, -0.1) is 0 Å². The molecule has 0 spiro atoms. The largest absolute Gasteiger partial charge is 0.390 e. The third-order valence-electron chi connectivity index (χ3n) is 11.0. The number of β-amino-alcohol motifs (C(OH)–C–C–N with tert-alkyl or cyclic N) is 2. The molecular weight excluding hydrogens is 797 g/mol. The van der Waals surface area contributed by atoms with Crippen LogP contribution in [0, 0.1) is 37.1 Å². The zero-order chi connectivity index (χ0) is 43.9. The quantitative estimate of drug-likeness (QED) is 0.115. The minimum atomic E-state index is -0.818. The van der Waals surface area contributed by atoms with Gasteiger partial charge in [0.15, 0.2) is 23.3 Å². The van der Waals surface area contributed by atoms with Gasteiger partial charge in [-0.25, -0.2) is 47.5 Å². The Morgan fingerprint density at radius 1 is 0.721 bits per heavy atom. The minimum absolute atomic E-state index is 0.000818. The summed E-state index contributed by atoms with van der Waals surface area (Å²) in [5, 5.41) is 29.7. The molecule has 0 radical (unpaired) electrons. The van der Waals surface area contributed by atoms with Crippen molar-refractivity contribution < 1.29 is 32.6 Å². The number of halogens is 4. The third kappa shape index (κ3) is 8.99. The van der Waals surface area contributed by atoms with Gasteiger partial charge in [0.1, 0.15) is 34.1 Å². The van der Waals surface area contributed by atoms with Crippen molar-refractivity contribution in [2.75, 3.05) is 36.8 Å². The Labute approximate surface area is 349 Å². The van der Waals surface area contributed by atoms with Crippen molar-refractivity contribution in [3.63, 3.8) is 0 Å². The summed E-state index contributed by atoms with van der Waals surface area (Å²) in [5.41, 5.74) is 2.17. The molecule has 6 heterocycles. The van der Waals surface area contributed by atoms with Crippen molar-refractivity contribution in [1.29, 1.82) is 0 Å². The second-order valence-corrected chi connectivity index (χ2v) is 16.1. The number of hydrogen-bond donors (Lipinski definition) is 5. The van der Waals surface area contributed by atoms with Gasteiger partial charge in [0.2, 0.25) is 17.8 Å². The van der Waals surface area contributed by atoms with E-state index in [-0.39, 0.29) is 70.5 Å². The number of aliphatic hydroxyl groups excluding tert-OH is 2. The Kier molecular flexibility index (Phi) is 12.5. The Morgan fingerprint density at radius 3 is 1.62 bits per heavy atom. The molecule has 61 heavy (non-hydrogen) atoms. The average molecular weight is 847 g/mol. The predicted molar refractivity (Wildman–Crippen MR) is 223 cm³/mol. The van der Waals surface area contributed by atoms with Crippen LogP contribution in [-0.2, 0) is 4.79 Å². The molecule has 2 fully saturated rings. The van der Waals surface area contributed by atoms with Crippen LogP contribution in [0.15, 0.2) is 36.7 Å². The molecule has 8 rings (SSSR count). The fourth-order valence-corrected chi connectivity index (χ4v) is 8.12. The van der Waals surface area contributed by atoms with E-state index in [1.54, 1.807) is 24.0 Å². The number of likely N-dealkylation sites (tertiary alicyclic amines) is 1. The summed E-state index contributed by atoms with van der Waals surface area (Å²) >= 11 is 0. The third-order valence-corrected chi connectivity index (χ3v) is 11.0. The molecule has 2 saturated heterocycles. The lowest BCUT2D eigenvalue weighted by atomic mass is 10.0. The number of imidazole rings is 2. The van der Waals surface area contributed by atoms with Crippen LogP contribution in [0.1, 0.15) is 71.2 Å². The van der Waals surface area contributed by atoms with Crippen molar-refractivity contribution in [3.05, 3.63) is 71.6 Å². The average Bonchev–Trinajstić information content (AvgIpc) is 3.74. The maximum absolute atomic E-state index is 14.8. The summed E-state index contributed by atoms with van der Waals surface area (Å²) < 4.78 is 62.6. The van der Waals surface area contributed by atoms with Gasteiger partial charge in [-0.05, 0) is 85.2 Å². The van der Waals surface area contributed by atoms with E-state index < -0.39 is 41.5 Å². The fourth-order valence-electron chi connectivity index (χ4n) is 8.12. The molecule has 0 bridgehead atoms. The van der Waals surface area contributed by atoms with Gasteiger partial charge in [-0.1, -0.05) is 0 Å². The molecule has 2 aliphatic heterocycles.